The molecule has 1 aromatic carbocycles. The van der Waals surface area contributed by atoms with Crippen LogP contribution in [-0.2, 0) is 6.18 Å². The summed E-state index contributed by atoms with van der Waals surface area (Å²) >= 11 is 0. The van der Waals surface area contributed by atoms with Gasteiger partial charge in [0, 0.05) is 0 Å². The molecule has 0 saturated heterocycles. The van der Waals surface area contributed by atoms with Gasteiger partial charge in [-0.15, -0.1) is 0 Å². The van der Waals surface area contributed by atoms with Gasteiger partial charge < -0.3 is 4.74 Å². The first-order valence-corrected chi connectivity index (χ1v) is 4.37. The average molecular weight is 215 g/mol. The van der Waals surface area contributed by atoms with E-state index in [4.69, 9.17) is 11.3 Å². The summed E-state index contributed by atoms with van der Waals surface area (Å²) in [6, 6.07) is 4.76. The molecule has 0 amide bonds. The quantitative estimate of drug-likeness (QED) is 0.699. The van der Waals surface area contributed by atoms with Gasteiger partial charge in [-0.05, 0) is 24.6 Å². The molecular weight excluding hydrogens is 205 g/mol. The molecule has 1 nitrogen and oxygen atoms in total. The number of hydrogen-bond acceptors (Lipinski definition) is 1. The number of benzene rings is 1. The molecule has 0 fully saturated rings. The van der Waals surface area contributed by atoms with E-state index in [1.54, 1.807) is 0 Å². The van der Waals surface area contributed by atoms with Gasteiger partial charge >= 0.3 is 6.18 Å². The topological polar surface area (TPSA) is 9.23 Å². The highest BCUT2D eigenvalue weighted by Crippen LogP contribution is 2.31. The summed E-state index contributed by atoms with van der Waals surface area (Å²) in [6.45, 7) is 5.38. The minimum absolute atomic E-state index is 0.201. The molecule has 0 bridgehead atoms. The first-order valence-electron chi connectivity index (χ1n) is 4.37. The van der Waals surface area contributed by atoms with Crippen molar-refractivity contribution in [3.63, 3.8) is 0 Å². The molecule has 0 aliphatic rings. The van der Waals surface area contributed by atoms with Crippen molar-refractivity contribution in [2.24, 2.45) is 0 Å². The lowest BCUT2D eigenvalue weighted by atomic mass is 10.2. The number of alkyl halides is 3. The number of rotatable bonds is 4. The van der Waals surface area contributed by atoms with Gasteiger partial charge in [-0.25, -0.2) is 0 Å². The molecule has 0 N–H and O–H groups in total. The number of hydrogen-bond donors (Lipinski definition) is 0. The number of ether oxygens (including phenoxy) is 1. The van der Waals surface area contributed by atoms with E-state index >= 15 is 0 Å². The van der Waals surface area contributed by atoms with Crippen molar-refractivity contribution in [1.82, 2.24) is 0 Å². The average Bonchev–Trinajstić information content (AvgIpc) is 2.17. The van der Waals surface area contributed by atoms with Crippen LogP contribution in [0.4, 0.5) is 13.2 Å². The second kappa shape index (κ2) is 4.87. The second-order valence-electron chi connectivity index (χ2n) is 2.90. The minimum atomic E-state index is -4.33. The second-order valence-corrected chi connectivity index (χ2v) is 2.90. The standard InChI is InChI=1S/C11H10F3O/c1-2-3-7-15-10-6-4-5-9(8-10)11(12,13)14/h1-2,4-6,8H,3,7H2. The van der Waals surface area contributed by atoms with E-state index in [1.165, 1.54) is 18.2 Å². The predicted molar refractivity (Wildman–Crippen MR) is 50.4 cm³/mol. The Labute approximate surface area is 86.2 Å². The van der Waals surface area contributed by atoms with Crippen LogP contribution in [0.5, 0.6) is 5.75 Å². The highest BCUT2D eigenvalue weighted by Gasteiger charge is 2.30. The van der Waals surface area contributed by atoms with Crippen LogP contribution < -0.4 is 4.74 Å². The van der Waals surface area contributed by atoms with Crippen LogP contribution in [0.25, 0.3) is 0 Å². The lowest BCUT2D eigenvalue weighted by Crippen LogP contribution is -2.05. The Bertz CT molecular complexity index is 331. The van der Waals surface area contributed by atoms with E-state index in [0.717, 1.165) is 12.1 Å². The summed E-state index contributed by atoms with van der Waals surface area (Å²) in [5, 5.41) is 0. The predicted octanol–water partition coefficient (Wildman–Crippen LogP) is 3.46. The van der Waals surface area contributed by atoms with E-state index in [9.17, 15) is 13.2 Å². The highest BCUT2D eigenvalue weighted by molar-refractivity contribution is 5.30. The Morgan fingerprint density at radius 2 is 2.07 bits per heavy atom. The van der Waals surface area contributed by atoms with Gasteiger partial charge in [0.2, 0.25) is 0 Å². The molecule has 1 rings (SSSR count). The lowest BCUT2D eigenvalue weighted by Gasteiger charge is -2.09. The molecule has 0 heterocycles. The minimum Gasteiger partial charge on any atom is -0.493 e. The Kier molecular flexibility index (Phi) is 3.77. The van der Waals surface area contributed by atoms with E-state index < -0.39 is 11.7 Å². The molecule has 1 radical (unpaired) electrons. The zero-order valence-electron chi connectivity index (χ0n) is 7.92. The van der Waals surface area contributed by atoms with Crippen LogP contribution in [0.1, 0.15) is 12.0 Å². The third-order valence-corrected chi connectivity index (χ3v) is 1.71. The van der Waals surface area contributed by atoms with Gasteiger partial charge in [0.15, 0.2) is 0 Å². The van der Waals surface area contributed by atoms with Crippen molar-refractivity contribution in [3.05, 3.63) is 42.5 Å². The molecule has 81 valence electrons. The zero-order valence-corrected chi connectivity index (χ0v) is 7.92. The Balaban J connectivity index is 2.70. The van der Waals surface area contributed by atoms with E-state index in [2.05, 4.69) is 0 Å². The lowest BCUT2D eigenvalue weighted by molar-refractivity contribution is -0.137. The summed E-state index contributed by atoms with van der Waals surface area (Å²) in [5.74, 6) is 0.201. The summed E-state index contributed by atoms with van der Waals surface area (Å²) in [6.07, 6.45) is -2.44. The third kappa shape index (κ3) is 3.65. The van der Waals surface area contributed by atoms with Crippen molar-refractivity contribution in [1.29, 1.82) is 0 Å². The molecule has 0 unspecified atom stereocenters. The Hall–Kier alpha value is -1.45. The van der Waals surface area contributed by atoms with Crippen molar-refractivity contribution in [2.45, 2.75) is 12.6 Å². The van der Waals surface area contributed by atoms with Gasteiger partial charge in [-0.3, -0.25) is 0 Å². The van der Waals surface area contributed by atoms with E-state index in [-0.39, 0.29) is 12.4 Å². The van der Waals surface area contributed by atoms with Crippen molar-refractivity contribution in [3.8, 4) is 5.75 Å². The molecule has 0 aliphatic carbocycles. The fourth-order valence-electron chi connectivity index (χ4n) is 1.01. The summed E-state index contributed by atoms with van der Waals surface area (Å²) < 4.78 is 41.9. The van der Waals surface area contributed by atoms with E-state index in [1.807, 2.05) is 0 Å². The first kappa shape index (κ1) is 11.6. The SMILES string of the molecule is [CH]=CCCOc1cccc(C(F)(F)F)c1. The van der Waals surface area contributed by atoms with Crippen LogP contribution >= 0.6 is 0 Å². The largest absolute Gasteiger partial charge is 0.493 e. The maximum absolute atomic E-state index is 12.3. The van der Waals surface area contributed by atoms with Crippen LogP contribution in [0.2, 0.25) is 0 Å². The molecule has 0 aromatic heterocycles. The molecule has 1 aromatic rings. The van der Waals surface area contributed by atoms with Gasteiger partial charge in [-0.2, -0.15) is 13.2 Å². The fraction of sp³-hybridized carbons (Fsp3) is 0.273. The molecule has 15 heavy (non-hydrogen) atoms. The van der Waals surface area contributed by atoms with Gasteiger partial charge in [0.05, 0.1) is 12.2 Å². The normalized spacial score (nSPS) is 11.1. The smallest absolute Gasteiger partial charge is 0.416 e. The van der Waals surface area contributed by atoms with Crippen LogP contribution in [0, 0.1) is 6.58 Å². The van der Waals surface area contributed by atoms with Gasteiger partial charge in [0.25, 0.3) is 0 Å². The third-order valence-electron chi connectivity index (χ3n) is 1.71. The molecular formula is C11H10F3O. The first-order chi connectivity index (χ1) is 7.04. The summed E-state index contributed by atoms with van der Waals surface area (Å²) in [4.78, 5) is 0. The number of halogens is 3. The van der Waals surface area contributed by atoms with Gasteiger partial charge in [-0.1, -0.05) is 18.7 Å². The molecule has 4 heteroatoms. The summed E-state index contributed by atoms with van der Waals surface area (Å²) in [7, 11) is 0. The van der Waals surface area contributed by atoms with Crippen LogP contribution in [-0.4, -0.2) is 6.61 Å². The molecule has 0 atom stereocenters. The maximum Gasteiger partial charge on any atom is 0.416 e. The molecule has 0 aliphatic heterocycles. The summed E-state index contributed by atoms with van der Waals surface area (Å²) in [5.41, 5.74) is -0.711. The Morgan fingerprint density at radius 3 is 2.67 bits per heavy atom. The molecule has 0 saturated carbocycles. The Morgan fingerprint density at radius 1 is 1.33 bits per heavy atom. The van der Waals surface area contributed by atoms with Crippen molar-refractivity contribution < 1.29 is 17.9 Å². The monoisotopic (exact) mass is 215 g/mol. The van der Waals surface area contributed by atoms with E-state index in [0.29, 0.717) is 6.42 Å². The fourth-order valence-corrected chi connectivity index (χ4v) is 1.01. The van der Waals surface area contributed by atoms with Crippen molar-refractivity contribution in [2.75, 3.05) is 6.61 Å². The maximum atomic E-state index is 12.3. The highest BCUT2D eigenvalue weighted by atomic mass is 19.4. The molecule has 0 spiro atoms. The van der Waals surface area contributed by atoms with Gasteiger partial charge in [0.1, 0.15) is 5.75 Å². The van der Waals surface area contributed by atoms with Crippen LogP contribution in [0.15, 0.2) is 30.3 Å². The zero-order chi connectivity index (χ0) is 11.3. The van der Waals surface area contributed by atoms with Crippen LogP contribution in [0.3, 0.4) is 0 Å². The van der Waals surface area contributed by atoms with Crippen molar-refractivity contribution >= 4 is 0 Å².